The van der Waals surface area contributed by atoms with Crippen molar-refractivity contribution in [3.63, 3.8) is 0 Å². The van der Waals surface area contributed by atoms with Gasteiger partial charge in [0.25, 0.3) is 0 Å². The lowest BCUT2D eigenvalue weighted by atomic mass is 9.78. The lowest BCUT2D eigenvalue weighted by Crippen LogP contribution is -2.28. The molecule has 1 N–H and O–H groups in total. The summed E-state index contributed by atoms with van der Waals surface area (Å²) < 4.78 is 5.78. The Kier molecular flexibility index (Phi) is 4.51. The number of ether oxygens (including phenoxy) is 1. The number of fused-ring (bicyclic) bond motifs is 1. The molecule has 106 valence electrons. The molecule has 0 bridgehead atoms. The van der Waals surface area contributed by atoms with Crippen LogP contribution in [0.5, 0.6) is 5.75 Å². The Balaban J connectivity index is 1.90. The number of benzene rings is 1. The molecular formula is C17H27NO. The van der Waals surface area contributed by atoms with Crippen molar-refractivity contribution in [1.29, 1.82) is 0 Å². The molecule has 19 heavy (non-hydrogen) atoms. The minimum atomic E-state index is 0.355. The maximum atomic E-state index is 5.78. The van der Waals surface area contributed by atoms with Gasteiger partial charge in [-0.2, -0.15) is 0 Å². The largest absolute Gasteiger partial charge is 0.493 e. The Labute approximate surface area is 117 Å². The number of rotatable bonds is 6. The molecule has 0 spiro atoms. The van der Waals surface area contributed by atoms with Gasteiger partial charge in [0.1, 0.15) is 5.75 Å². The Bertz CT molecular complexity index is 411. The Hall–Kier alpha value is -1.02. The van der Waals surface area contributed by atoms with Gasteiger partial charge in [0.15, 0.2) is 0 Å². The van der Waals surface area contributed by atoms with Crippen LogP contribution >= 0.6 is 0 Å². The van der Waals surface area contributed by atoms with Gasteiger partial charge in [-0.05, 0) is 30.9 Å². The molecule has 1 aliphatic heterocycles. The van der Waals surface area contributed by atoms with Crippen molar-refractivity contribution < 1.29 is 4.74 Å². The quantitative estimate of drug-likeness (QED) is 0.836. The fourth-order valence-electron chi connectivity index (χ4n) is 2.87. The summed E-state index contributed by atoms with van der Waals surface area (Å²) in [7, 11) is 0. The molecule has 0 aliphatic carbocycles. The Morgan fingerprint density at radius 2 is 2.05 bits per heavy atom. The van der Waals surface area contributed by atoms with E-state index in [0.717, 1.165) is 18.9 Å². The summed E-state index contributed by atoms with van der Waals surface area (Å²) in [5, 5.41) is 3.51. The van der Waals surface area contributed by atoms with Crippen LogP contribution in [-0.2, 0) is 0 Å². The highest BCUT2D eigenvalue weighted by Crippen LogP contribution is 2.41. The standard InChI is InChI=1S/C17H27NO/c1-13(2)18-10-9-17(3,4)11-14-12-19-16-8-6-5-7-15(14)16/h5-8,13-14,18H,9-12H2,1-4H3. The summed E-state index contributed by atoms with van der Waals surface area (Å²) in [6, 6.07) is 9.05. The van der Waals surface area contributed by atoms with Gasteiger partial charge in [0.05, 0.1) is 6.61 Å². The van der Waals surface area contributed by atoms with Crippen LogP contribution in [0.25, 0.3) is 0 Å². The SMILES string of the molecule is CC(C)NCCC(C)(C)CC1COc2ccccc21. The monoisotopic (exact) mass is 261 g/mol. The second-order valence-electron chi connectivity index (χ2n) is 6.77. The maximum absolute atomic E-state index is 5.78. The third-order valence-corrected chi connectivity index (χ3v) is 3.95. The summed E-state index contributed by atoms with van der Waals surface area (Å²) in [6.45, 7) is 11.1. The molecule has 2 heteroatoms. The normalized spacial score (nSPS) is 18.5. The first-order valence-corrected chi connectivity index (χ1v) is 7.43. The molecule has 1 atom stereocenters. The van der Waals surface area contributed by atoms with Gasteiger partial charge in [-0.1, -0.05) is 45.9 Å². The number of hydrogen-bond donors (Lipinski definition) is 1. The predicted octanol–water partition coefficient (Wildman–Crippen LogP) is 3.97. The van der Waals surface area contributed by atoms with Gasteiger partial charge in [-0.25, -0.2) is 0 Å². The highest BCUT2D eigenvalue weighted by atomic mass is 16.5. The zero-order valence-electron chi connectivity index (χ0n) is 12.7. The first-order chi connectivity index (χ1) is 8.98. The fourth-order valence-corrected chi connectivity index (χ4v) is 2.87. The highest BCUT2D eigenvalue weighted by molar-refractivity contribution is 5.39. The fraction of sp³-hybridized carbons (Fsp3) is 0.647. The van der Waals surface area contributed by atoms with Crippen LogP contribution in [-0.4, -0.2) is 19.2 Å². The minimum Gasteiger partial charge on any atom is -0.493 e. The number of para-hydroxylation sites is 1. The molecule has 0 amide bonds. The third kappa shape index (κ3) is 3.97. The first kappa shape index (κ1) is 14.4. The molecule has 1 heterocycles. The second-order valence-corrected chi connectivity index (χ2v) is 6.77. The van der Waals surface area contributed by atoms with Crippen molar-refractivity contribution in [2.24, 2.45) is 5.41 Å². The summed E-state index contributed by atoms with van der Waals surface area (Å²) in [5.41, 5.74) is 1.75. The van der Waals surface area contributed by atoms with Crippen LogP contribution in [0.4, 0.5) is 0 Å². The molecular weight excluding hydrogens is 234 g/mol. The van der Waals surface area contributed by atoms with E-state index < -0.39 is 0 Å². The molecule has 0 radical (unpaired) electrons. The van der Waals surface area contributed by atoms with E-state index in [1.54, 1.807) is 0 Å². The number of nitrogens with one attached hydrogen (secondary N) is 1. The van der Waals surface area contributed by atoms with Crippen molar-refractivity contribution in [3.8, 4) is 5.75 Å². The Morgan fingerprint density at radius 3 is 2.79 bits per heavy atom. The summed E-state index contributed by atoms with van der Waals surface area (Å²) >= 11 is 0. The van der Waals surface area contributed by atoms with Crippen LogP contribution in [0.1, 0.15) is 52.0 Å². The van der Waals surface area contributed by atoms with Gasteiger partial charge in [-0.3, -0.25) is 0 Å². The smallest absolute Gasteiger partial charge is 0.122 e. The van der Waals surface area contributed by atoms with Crippen LogP contribution in [0.3, 0.4) is 0 Å². The van der Waals surface area contributed by atoms with E-state index in [1.165, 1.54) is 18.4 Å². The van der Waals surface area contributed by atoms with E-state index in [9.17, 15) is 0 Å². The molecule has 1 unspecified atom stereocenters. The summed E-state index contributed by atoms with van der Waals surface area (Å²) in [5.74, 6) is 1.65. The van der Waals surface area contributed by atoms with Gasteiger partial charge in [-0.15, -0.1) is 0 Å². The average molecular weight is 261 g/mol. The zero-order chi connectivity index (χ0) is 13.9. The highest BCUT2D eigenvalue weighted by Gasteiger charge is 2.30. The van der Waals surface area contributed by atoms with E-state index in [-0.39, 0.29) is 0 Å². The lowest BCUT2D eigenvalue weighted by Gasteiger charge is -2.28. The van der Waals surface area contributed by atoms with Crippen LogP contribution in [0, 0.1) is 5.41 Å². The topological polar surface area (TPSA) is 21.3 Å². The van der Waals surface area contributed by atoms with Crippen LogP contribution < -0.4 is 10.1 Å². The van der Waals surface area contributed by atoms with Crippen molar-refractivity contribution in [2.45, 2.75) is 52.5 Å². The van der Waals surface area contributed by atoms with Crippen molar-refractivity contribution in [3.05, 3.63) is 29.8 Å². The first-order valence-electron chi connectivity index (χ1n) is 7.43. The molecule has 0 fully saturated rings. The van der Waals surface area contributed by atoms with E-state index in [0.29, 0.717) is 17.4 Å². The Morgan fingerprint density at radius 1 is 1.32 bits per heavy atom. The maximum Gasteiger partial charge on any atom is 0.122 e. The molecule has 2 nitrogen and oxygen atoms in total. The third-order valence-electron chi connectivity index (χ3n) is 3.95. The minimum absolute atomic E-state index is 0.355. The van der Waals surface area contributed by atoms with E-state index >= 15 is 0 Å². The zero-order valence-corrected chi connectivity index (χ0v) is 12.7. The molecule has 1 aromatic carbocycles. The van der Waals surface area contributed by atoms with Gasteiger partial charge < -0.3 is 10.1 Å². The van der Waals surface area contributed by atoms with Gasteiger partial charge in [0.2, 0.25) is 0 Å². The molecule has 1 aromatic rings. The van der Waals surface area contributed by atoms with Gasteiger partial charge >= 0.3 is 0 Å². The molecule has 0 aromatic heterocycles. The average Bonchev–Trinajstić information content (AvgIpc) is 2.71. The molecule has 0 saturated heterocycles. The lowest BCUT2D eigenvalue weighted by molar-refractivity contribution is 0.242. The summed E-state index contributed by atoms with van der Waals surface area (Å²) in [4.78, 5) is 0. The van der Waals surface area contributed by atoms with Gasteiger partial charge in [0, 0.05) is 17.5 Å². The van der Waals surface area contributed by atoms with Crippen LogP contribution in [0.2, 0.25) is 0 Å². The molecule has 2 rings (SSSR count). The van der Waals surface area contributed by atoms with E-state index in [4.69, 9.17) is 4.74 Å². The van der Waals surface area contributed by atoms with E-state index in [1.807, 2.05) is 0 Å². The van der Waals surface area contributed by atoms with Crippen LogP contribution in [0.15, 0.2) is 24.3 Å². The van der Waals surface area contributed by atoms with Crippen molar-refractivity contribution in [1.82, 2.24) is 5.32 Å². The molecule has 0 saturated carbocycles. The predicted molar refractivity (Wildman–Crippen MR) is 80.8 cm³/mol. The molecule has 1 aliphatic rings. The van der Waals surface area contributed by atoms with Crippen molar-refractivity contribution in [2.75, 3.05) is 13.2 Å². The second kappa shape index (κ2) is 5.96. The van der Waals surface area contributed by atoms with Crippen molar-refractivity contribution >= 4 is 0 Å². The summed E-state index contributed by atoms with van der Waals surface area (Å²) in [6.07, 6.45) is 2.41. The number of hydrogen-bond acceptors (Lipinski definition) is 2. The van der Waals surface area contributed by atoms with E-state index in [2.05, 4.69) is 57.3 Å².